The third-order valence-corrected chi connectivity index (χ3v) is 15.1. The van der Waals surface area contributed by atoms with Gasteiger partial charge in [-0.2, -0.15) is 0 Å². The van der Waals surface area contributed by atoms with Crippen LogP contribution in [-0.4, -0.2) is 11.3 Å². The number of anilines is 3. The van der Waals surface area contributed by atoms with Gasteiger partial charge in [0.15, 0.2) is 0 Å². The maximum atomic E-state index is 2.72. The molecular weight excluding hydrogens is 735 g/mol. The van der Waals surface area contributed by atoms with Crippen molar-refractivity contribution in [1.29, 1.82) is 0 Å². The second-order valence-electron chi connectivity index (χ2n) is 18.9. The molecule has 0 N–H and O–H groups in total. The molecule has 14 rings (SSSR count). The summed E-state index contributed by atoms with van der Waals surface area (Å²) >= 11 is 0. The summed E-state index contributed by atoms with van der Waals surface area (Å²) in [5.74, 6) is 0. The minimum absolute atomic E-state index is 0.0453. The zero-order valence-electron chi connectivity index (χ0n) is 34.7. The summed E-state index contributed by atoms with van der Waals surface area (Å²) in [7, 11) is 0. The zero-order chi connectivity index (χ0) is 40.5. The SMILES string of the molecule is CC1(C)c2ccccc2-c2cc(N3c4cc5c(cc4B4c6c(cc(-c7ccccc7)cc63)-c3cccc6c7cc8ccccc8cc7n4c36)C(C)(C)c3ccccc3-5)ccc21. The fraction of sp³-hybridized carbons (Fsp3) is 0.103. The van der Waals surface area contributed by atoms with Gasteiger partial charge in [0, 0.05) is 55.3 Å². The van der Waals surface area contributed by atoms with Crippen LogP contribution >= 0.6 is 0 Å². The summed E-state index contributed by atoms with van der Waals surface area (Å²) in [5.41, 5.74) is 24.8. The topological polar surface area (TPSA) is 8.17 Å². The highest BCUT2D eigenvalue weighted by Crippen LogP contribution is 2.55. The first kappa shape index (κ1) is 33.7. The highest BCUT2D eigenvalue weighted by atomic mass is 15.2. The van der Waals surface area contributed by atoms with Gasteiger partial charge < -0.3 is 9.38 Å². The average molecular weight is 777 g/mol. The van der Waals surface area contributed by atoms with Crippen molar-refractivity contribution >= 4 is 67.4 Å². The molecule has 0 amide bonds. The van der Waals surface area contributed by atoms with Crippen LogP contribution in [0.5, 0.6) is 0 Å². The molecule has 0 spiro atoms. The van der Waals surface area contributed by atoms with E-state index in [2.05, 4.69) is 213 Å². The molecule has 2 aliphatic heterocycles. The minimum Gasteiger partial charge on any atom is -0.375 e. The standard InChI is InChI=1S/C58H41BN2/c1-57(2)47-23-12-10-19-39(47)43-31-38(25-26-49(43)57)60-53-32-44-40-20-11-13-24-48(40)58(3,4)50(44)33-51(53)59-55-46(28-37(30-54(55)60)34-15-6-5-7-16-34)42-22-14-21-41-45-27-35-17-8-9-18-36(35)29-52(45)61(59)56(41)42/h5-33H,1-4H3. The molecule has 3 heterocycles. The molecule has 9 aromatic carbocycles. The van der Waals surface area contributed by atoms with Gasteiger partial charge in [-0.25, -0.2) is 0 Å². The summed E-state index contributed by atoms with van der Waals surface area (Å²) in [6, 6.07) is 67.3. The van der Waals surface area contributed by atoms with Gasteiger partial charge in [0.1, 0.15) is 0 Å². The number of nitrogens with zero attached hydrogens (tertiary/aromatic N) is 2. The van der Waals surface area contributed by atoms with E-state index in [9.17, 15) is 0 Å². The zero-order valence-corrected chi connectivity index (χ0v) is 34.7. The summed E-state index contributed by atoms with van der Waals surface area (Å²) in [5, 5.41) is 5.17. The summed E-state index contributed by atoms with van der Waals surface area (Å²) < 4.78 is 2.72. The van der Waals surface area contributed by atoms with Crippen LogP contribution in [0.15, 0.2) is 176 Å². The third-order valence-electron chi connectivity index (χ3n) is 15.1. The van der Waals surface area contributed by atoms with Gasteiger partial charge in [-0.05, 0) is 125 Å². The smallest absolute Gasteiger partial charge is 0.333 e. The average Bonchev–Trinajstić information content (AvgIpc) is 3.82. The highest BCUT2D eigenvalue weighted by molar-refractivity contribution is 6.90. The summed E-state index contributed by atoms with van der Waals surface area (Å²) in [6.45, 7) is 9.55. The Hall–Kier alpha value is -7.10. The largest absolute Gasteiger partial charge is 0.375 e. The molecule has 286 valence electrons. The van der Waals surface area contributed by atoms with Crippen molar-refractivity contribution in [3.63, 3.8) is 0 Å². The van der Waals surface area contributed by atoms with Crippen molar-refractivity contribution in [2.24, 2.45) is 0 Å². The molecule has 4 aliphatic rings. The van der Waals surface area contributed by atoms with Crippen LogP contribution < -0.4 is 15.8 Å². The first-order valence-electron chi connectivity index (χ1n) is 21.8. The Morgan fingerprint density at radius 3 is 1.82 bits per heavy atom. The molecule has 2 aliphatic carbocycles. The van der Waals surface area contributed by atoms with Crippen LogP contribution in [0.4, 0.5) is 17.1 Å². The van der Waals surface area contributed by atoms with Crippen molar-refractivity contribution in [3.8, 4) is 44.5 Å². The Bertz CT molecular complexity index is 3610. The van der Waals surface area contributed by atoms with Crippen molar-refractivity contribution in [1.82, 2.24) is 4.48 Å². The molecule has 0 atom stereocenters. The van der Waals surface area contributed by atoms with Crippen LogP contribution in [0.2, 0.25) is 0 Å². The molecule has 1 aromatic heterocycles. The first-order chi connectivity index (χ1) is 29.8. The van der Waals surface area contributed by atoms with E-state index in [4.69, 9.17) is 0 Å². The molecule has 2 nitrogen and oxygen atoms in total. The second kappa shape index (κ2) is 11.4. The van der Waals surface area contributed by atoms with Crippen molar-refractivity contribution in [3.05, 3.63) is 198 Å². The molecule has 0 saturated heterocycles. The molecule has 10 aromatic rings. The predicted molar refractivity (Wildman–Crippen MR) is 258 cm³/mol. The Kier molecular flexibility index (Phi) is 6.29. The van der Waals surface area contributed by atoms with Gasteiger partial charge in [-0.1, -0.05) is 161 Å². The van der Waals surface area contributed by atoms with E-state index in [0.29, 0.717) is 0 Å². The molecule has 0 fully saturated rings. The lowest BCUT2D eigenvalue weighted by atomic mass is 9.44. The van der Waals surface area contributed by atoms with Gasteiger partial charge in [0.05, 0.1) is 0 Å². The quantitative estimate of drug-likeness (QED) is 0.159. The second-order valence-corrected chi connectivity index (χ2v) is 18.9. The van der Waals surface area contributed by atoms with E-state index >= 15 is 0 Å². The Morgan fingerprint density at radius 2 is 1.05 bits per heavy atom. The Labute approximate surface area is 356 Å². The summed E-state index contributed by atoms with van der Waals surface area (Å²) in [4.78, 5) is 2.63. The number of aromatic nitrogens is 1. The molecule has 0 unspecified atom stereocenters. The van der Waals surface area contributed by atoms with Crippen molar-refractivity contribution in [2.45, 2.75) is 38.5 Å². The predicted octanol–water partition coefficient (Wildman–Crippen LogP) is 13.6. The minimum atomic E-state index is -0.147. The Morgan fingerprint density at radius 1 is 0.410 bits per heavy atom. The van der Waals surface area contributed by atoms with E-state index in [0.717, 1.165) is 0 Å². The van der Waals surface area contributed by atoms with Gasteiger partial charge in [0.25, 0.3) is 0 Å². The maximum Gasteiger partial charge on any atom is 0.333 e. The van der Waals surface area contributed by atoms with E-state index < -0.39 is 0 Å². The number of rotatable bonds is 2. The molecule has 61 heavy (non-hydrogen) atoms. The number of fused-ring (bicyclic) bond motifs is 14. The van der Waals surface area contributed by atoms with Crippen LogP contribution in [0, 0.1) is 0 Å². The first-order valence-corrected chi connectivity index (χ1v) is 21.8. The van der Waals surface area contributed by atoms with E-state index in [1.165, 1.54) is 127 Å². The fourth-order valence-electron chi connectivity index (χ4n) is 12.2. The lowest BCUT2D eigenvalue weighted by Crippen LogP contribution is -2.57. The van der Waals surface area contributed by atoms with Crippen molar-refractivity contribution in [2.75, 3.05) is 4.90 Å². The van der Waals surface area contributed by atoms with Gasteiger partial charge in [-0.15, -0.1) is 0 Å². The molecular formula is C58H41BN2. The monoisotopic (exact) mass is 776 g/mol. The fourth-order valence-corrected chi connectivity index (χ4v) is 12.2. The van der Waals surface area contributed by atoms with E-state index in [1.807, 2.05) is 0 Å². The number of hydrogen-bond acceptors (Lipinski definition) is 1. The van der Waals surface area contributed by atoms with E-state index in [-0.39, 0.29) is 17.7 Å². The Balaban J connectivity index is 1.15. The summed E-state index contributed by atoms with van der Waals surface area (Å²) in [6.07, 6.45) is 0. The van der Waals surface area contributed by atoms with Crippen LogP contribution in [0.1, 0.15) is 49.9 Å². The number of hydrogen-bond donors (Lipinski definition) is 0. The van der Waals surface area contributed by atoms with Crippen LogP contribution in [-0.2, 0) is 10.8 Å². The number of benzene rings is 9. The highest BCUT2D eigenvalue weighted by Gasteiger charge is 2.46. The van der Waals surface area contributed by atoms with Gasteiger partial charge >= 0.3 is 6.85 Å². The maximum absolute atomic E-state index is 2.72. The molecule has 0 radical (unpaired) electrons. The third kappa shape index (κ3) is 4.19. The number of para-hydroxylation sites is 1. The molecule has 0 bridgehead atoms. The van der Waals surface area contributed by atoms with Crippen molar-refractivity contribution < 1.29 is 0 Å². The van der Waals surface area contributed by atoms with Gasteiger partial charge in [0.2, 0.25) is 0 Å². The normalized spacial score (nSPS) is 15.4. The lowest BCUT2D eigenvalue weighted by molar-refractivity contribution is 0.660. The van der Waals surface area contributed by atoms with Crippen LogP contribution in [0.25, 0.3) is 77.1 Å². The molecule has 3 heteroatoms. The lowest BCUT2D eigenvalue weighted by Gasteiger charge is -2.41. The molecule has 0 saturated carbocycles. The van der Waals surface area contributed by atoms with Gasteiger partial charge in [-0.3, -0.25) is 0 Å². The van der Waals surface area contributed by atoms with E-state index in [1.54, 1.807) is 0 Å². The van der Waals surface area contributed by atoms with Crippen LogP contribution in [0.3, 0.4) is 0 Å².